The van der Waals surface area contributed by atoms with Gasteiger partial charge >= 0.3 is 0 Å². The van der Waals surface area contributed by atoms with Gasteiger partial charge in [-0.15, -0.1) is 0 Å². The van der Waals surface area contributed by atoms with Crippen LogP contribution in [0.4, 0.5) is 11.4 Å². The first-order chi connectivity index (χ1) is 6.45. The molecule has 0 amide bonds. The maximum absolute atomic E-state index is 4.44. The van der Waals surface area contributed by atoms with Gasteiger partial charge in [0.2, 0.25) is 0 Å². The molecule has 3 nitrogen and oxygen atoms in total. The van der Waals surface area contributed by atoms with E-state index in [9.17, 15) is 0 Å². The minimum atomic E-state index is 0.821. The van der Waals surface area contributed by atoms with E-state index in [-0.39, 0.29) is 0 Å². The summed E-state index contributed by atoms with van der Waals surface area (Å²) in [5, 5.41) is 6.57. The van der Waals surface area contributed by atoms with Crippen LogP contribution in [0.5, 0.6) is 0 Å². The lowest BCUT2D eigenvalue weighted by atomic mass is 10.0. The second kappa shape index (κ2) is 2.49. The number of fused-ring (bicyclic) bond motifs is 3. The van der Waals surface area contributed by atoms with E-state index in [1.807, 2.05) is 6.20 Å². The largest absolute Gasteiger partial charge is 0.366 e. The van der Waals surface area contributed by atoms with Gasteiger partial charge in [0.05, 0.1) is 29.9 Å². The molecule has 1 aromatic rings. The van der Waals surface area contributed by atoms with Crippen LogP contribution in [0.3, 0.4) is 0 Å². The third kappa shape index (κ3) is 0.932. The smallest absolute Gasteiger partial charge is 0.0851 e. The van der Waals surface area contributed by atoms with Gasteiger partial charge in [-0.05, 0) is 12.8 Å². The molecule has 13 heavy (non-hydrogen) atoms. The molecule has 3 rings (SSSR count). The summed E-state index contributed by atoms with van der Waals surface area (Å²) in [5.74, 6) is 0. The summed E-state index contributed by atoms with van der Waals surface area (Å²) >= 11 is 0. The summed E-state index contributed by atoms with van der Waals surface area (Å²) in [5.41, 5.74) is 4.84. The molecule has 2 N–H and O–H groups in total. The molecule has 0 unspecified atom stereocenters. The van der Waals surface area contributed by atoms with E-state index < -0.39 is 0 Å². The molecule has 2 heterocycles. The van der Waals surface area contributed by atoms with Crippen molar-refractivity contribution in [2.24, 2.45) is 0 Å². The van der Waals surface area contributed by atoms with Crippen molar-refractivity contribution in [2.75, 3.05) is 17.3 Å². The van der Waals surface area contributed by atoms with Crippen molar-refractivity contribution in [3.05, 3.63) is 23.5 Å². The van der Waals surface area contributed by atoms with Gasteiger partial charge in [-0.25, -0.2) is 0 Å². The van der Waals surface area contributed by atoms with E-state index in [2.05, 4.69) is 27.8 Å². The Kier molecular flexibility index (Phi) is 1.33. The lowest BCUT2D eigenvalue weighted by molar-refractivity contribution is 0.930. The van der Waals surface area contributed by atoms with Gasteiger partial charge in [0, 0.05) is 5.56 Å². The van der Waals surface area contributed by atoms with Crippen molar-refractivity contribution in [1.82, 2.24) is 4.98 Å². The highest BCUT2D eigenvalue weighted by molar-refractivity contribution is 5.83. The van der Waals surface area contributed by atoms with Gasteiger partial charge < -0.3 is 10.6 Å². The van der Waals surface area contributed by atoms with Crippen molar-refractivity contribution in [2.45, 2.75) is 12.8 Å². The molecule has 1 aromatic heterocycles. The molecular weight excluding hydrogens is 162 g/mol. The van der Waals surface area contributed by atoms with E-state index in [0.717, 1.165) is 25.2 Å². The van der Waals surface area contributed by atoms with Crippen molar-refractivity contribution in [3.8, 4) is 0 Å². The van der Waals surface area contributed by atoms with Crippen LogP contribution >= 0.6 is 0 Å². The normalized spacial score (nSPS) is 17.2. The average Bonchev–Trinajstić information content (AvgIpc) is 2.65. The Labute approximate surface area is 76.9 Å². The van der Waals surface area contributed by atoms with E-state index in [4.69, 9.17) is 0 Å². The lowest BCUT2D eigenvalue weighted by Crippen LogP contribution is -2.01. The Morgan fingerprint density at radius 1 is 1.31 bits per heavy atom. The van der Waals surface area contributed by atoms with Crippen LogP contribution in [0.2, 0.25) is 0 Å². The second-order valence-corrected chi connectivity index (χ2v) is 3.38. The molecule has 1 aliphatic heterocycles. The third-order valence-corrected chi connectivity index (χ3v) is 2.58. The maximum Gasteiger partial charge on any atom is 0.0851 e. The van der Waals surface area contributed by atoms with Crippen LogP contribution in [0, 0.1) is 0 Å². The fourth-order valence-electron chi connectivity index (χ4n) is 1.92. The zero-order valence-electron chi connectivity index (χ0n) is 7.30. The van der Waals surface area contributed by atoms with E-state index >= 15 is 0 Å². The summed E-state index contributed by atoms with van der Waals surface area (Å²) in [6.45, 7) is 0.821. The molecule has 0 fully saturated rings. The molecule has 0 radical (unpaired) electrons. The third-order valence-electron chi connectivity index (χ3n) is 2.58. The summed E-state index contributed by atoms with van der Waals surface area (Å²) in [7, 11) is 0. The first-order valence-electron chi connectivity index (χ1n) is 4.61. The molecule has 0 saturated heterocycles. The molecule has 3 heteroatoms. The maximum atomic E-state index is 4.44. The van der Waals surface area contributed by atoms with E-state index in [0.29, 0.717) is 0 Å². The minimum Gasteiger partial charge on any atom is -0.366 e. The highest BCUT2D eigenvalue weighted by atomic mass is 15.1. The second-order valence-electron chi connectivity index (χ2n) is 3.38. The van der Waals surface area contributed by atoms with Crippen LogP contribution in [-0.2, 0) is 6.42 Å². The number of nitrogens with zero attached hydrogens (tertiary/aromatic N) is 1. The fourth-order valence-corrected chi connectivity index (χ4v) is 1.92. The number of aromatic nitrogens is 1. The molecular formula is C10H11N3. The number of nitrogens with one attached hydrogen (secondary N) is 2. The molecule has 1 aliphatic carbocycles. The number of anilines is 2. The van der Waals surface area contributed by atoms with Gasteiger partial charge in [-0.3, -0.25) is 4.98 Å². The van der Waals surface area contributed by atoms with Gasteiger partial charge in [-0.2, -0.15) is 0 Å². The van der Waals surface area contributed by atoms with Crippen LogP contribution < -0.4 is 10.6 Å². The zero-order chi connectivity index (χ0) is 8.67. The quantitative estimate of drug-likeness (QED) is 0.628. The predicted molar refractivity (Wildman–Crippen MR) is 53.7 cm³/mol. The van der Waals surface area contributed by atoms with Gasteiger partial charge in [0.15, 0.2) is 0 Å². The summed E-state index contributed by atoms with van der Waals surface area (Å²) in [6, 6.07) is 0. The van der Waals surface area contributed by atoms with Crippen molar-refractivity contribution in [3.63, 3.8) is 0 Å². The highest BCUT2D eigenvalue weighted by Crippen LogP contribution is 2.33. The highest BCUT2D eigenvalue weighted by Gasteiger charge is 2.17. The summed E-state index contributed by atoms with van der Waals surface area (Å²) in [4.78, 5) is 4.44. The Morgan fingerprint density at radius 2 is 2.31 bits per heavy atom. The summed E-state index contributed by atoms with van der Waals surface area (Å²) < 4.78 is 0. The Balaban J connectivity index is 2.24. The standard InChI is InChI=1S/C10H11N3/c1-2-4-8-7(3-1)10-9(5-11-8)12-6-13-10/h1,3,5,12-13H,2,4,6H2. The van der Waals surface area contributed by atoms with Gasteiger partial charge in [-0.1, -0.05) is 12.2 Å². The van der Waals surface area contributed by atoms with Crippen LogP contribution in [0.25, 0.3) is 6.08 Å². The number of allylic oxidation sites excluding steroid dienone is 1. The fraction of sp³-hybridized carbons (Fsp3) is 0.300. The molecule has 0 atom stereocenters. The molecule has 0 bridgehead atoms. The number of rotatable bonds is 0. The van der Waals surface area contributed by atoms with E-state index in [1.54, 1.807) is 0 Å². The lowest BCUT2D eigenvalue weighted by Gasteiger charge is -2.12. The predicted octanol–water partition coefficient (Wildman–Crippen LogP) is 1.84. The molecule has 0 saturated carbocycles. The van der Waals surface area contributed by atoms with E-state index in [1.165, 1.54) is 16.9 Å². The van der Waals surface area contributed by atoms with Crippen LogP contribution in [0.1, 0.15) is 17.7 Å². The van der Waals surface area contributed by atoms with Crippen molar-refractivity contribution < 1.29 is 0 Å². The Morgan fingerprint density at radius 3 is 3.31 bits per heavy atom. The molecule has 2 aliphatic rings. The van der Waals surface area contributed by atoms with Crippen molar-refractivity contribution >= 4 is 17.5 Å². The molecule has 0 aromatic carbocycles. The Hall–Kier alpha value is -1.51. The van der Waals surface area contributed by atoms with Crippen LogP contribution in [-0.4, -0.2) is 11.7 Å². The minimum absolute atomic E-state index is 0.821. The number of hydrogen-bond acceptors (Lipinski definition) is 3. The number of hydrogen-bond donors (Lipinski definition) is 2. The van der Waals surface area contributed by atoms with Crippen LogP contribution in [0.15, 0.2) is 12.3 Å². The Bertz CT molecular complexity index is 382. The summed E-state index contributed by atoms with van der Waals surface area (Å²) in [6.07, 6.45) is 8.50. The first kappa shape index (κ1) is 6.95. The van der Waals surface area contributed by atoms with Gasteiger partial charge in [0.1, 0.15) is 0 Å². The average molecular weight is 173 g/mol. The monoisotopic (exact) mass is 173 g/mol. The topological polar surface area (TPSA) is 37.0 Å². The zero-order valence-corrected chi connectivity index (χ0v) is 7.30. The number of pyridine rings is 1. The molecule has 0 spiro atoms. The first-order valence-corrected chi connectivity index (χ1v) is 4.61. The number of aryl methyl sites for hydroxylation is 1. The molecule has 66 valence electrons. The van der Waals surface area contributed by atoms with Crippen molar-refractivity contribution in [1.29, 1.82) is 0 Å². The SMILES string of the molecule is C1=Cc2c(ncc3c2NCN3)CC1. The van der Waals surface area contributed by atoms with Gasteiger partial charge in [0.25, 0.3) is 0 Å².